The van der Waals surface area contributed by atoms with Crippen molar-refractivity contribution in [2.45, 2.75) is 12.8 Å². The van der Waals surface area contributed by atoms with E-state index in [1.807, 2.05) is 30.3 Å². The number of carbonyl (C=O) groups excluding carboxylic acids is 2. The van der Waals surface area contributed by atoms with Crippen molar-refractivity contribution in [1.82, 2.24) is 15.0 Å². The molecule has 142 valence electrons. The van der Waals surface area contributed by atoms with Gasteiger partial charge in [-0.1, -0.05) is 35.5 Å². The fourth-order valence-electron chi connectivity index (χ4n) is 3.09. The molecule has 0 bridgehead atoms. The molecule has 0 aliphatic carbocycles. The van der Waals surface area contributed by atoms with Crippen molar-refractivity contribution in [3.63, 3.8) is 0 Å². The van der Waals surface area contributed by atoms with Crippen molar-refractivity contribution in [2.24, 2.45) is 5.92 Å². The van der Waals surface area contributed by atoms with E-state index in [4.69, 9.17) is 9.63 Å². The van der Waals surface area contributed by atoms with Crippen LogP contribution in [0.15, 0.2) is 40.9 Å². The van der Waals surface area contributed by atoms with Crippen molar-refractivity contribution in [1.29, 1.82) is 0 Å². The van der Waals surface area contributed by atoms with E-state index in [9.17, 15) is 14.4 Å². The van der Waals surface area contributed by atoms with Gasteiger partial charge in [-0.05, 0) is 12.8 Å². The van der Waals surface area contributed by atoms with Crippen LogP contribution in [0.25, 0.3) is 11.3 Å². The quantitative estimate of drug-likeness (QED) is 0.858. The minimum Gasteiger partial charge on any atom is -0.481 e. The molecule has 8 heteroatoms. The lowest BCUT2D eigenvalue weighted by Gasteiger charge is -2.31. The van der Waals surface area contributed by atoms with Crippen LogP contribution in [0.1, 0.15) is 23.4 Å². The molecular weight excluding hydrogens is 350 g/mol. The number of piperidine rings is 1. The lowest BCUT2D eigenvalue weighted by atomic mass is 9.98. The fraction of sp³-hybridized carbons (Fsp3) is 0.368. The summed E-state index contributed by atoms with van der Waals surface area (Å²) in [4.78, 5) is 38.8. The Balaban J connectivity index is 1.61. The van der Waals surface area contributed by atoms with Crippen LogP contribution in [-0.4, -0.2) is 64.5 Å². The van der Waals surface area contributed by atoms with Crippen LogP contribution in [0.5, 0.6) is 0 Å². The first kappa shape index (κ1) is 18.6. The minimum absolute atomic E-state index is 0.0474. The predicted molar refractivity (Wildman–Crippen MR) is 95.8 cm³/mol. The minimum atomic E-state index is -0.896. The fourth-order valence-corrected chi connectivity index (χ4v) is 3.09. The molecule has 1 aromatic carbocycles. The average molecular weight is 371 g/mol. The number of hydrogen-bond donors (Lipinski definition) is 1. The molecule has 0 spiro atoms. The summed E-state index contributed by atoms with van der Waals surface area (Å²) in [6.07, 6.45) is 1.21. The van der Waals surface area contributed by atoms with Crippen LogP contribution in [0.3, 0.4) is 0 Å². The van der Waals surface area contributed by atoms with E-state index in [0.717, 1.165) is 5.56 Å². The van der Waals surface area contributed by atoms with Gasteiger partial charge in [0.25, 0.3) is 5.91 Å². The van der Waals surface area contributed by atoms with Crippen molar-refractivity contribution in [2.75, 3.05) is 26.7 Å². The summed E-state index contributed by atoms with van der Waals surface area (Å²) < 4.78 is 5.13. The maximum atomic E-state index is 12.5. The lowest BCUT2D eigenvalue weighted by molar-refractivity contribution is -0.145. The normalized spacial score (nSPS) is 16.8. The van der Waals surface area contributed by atoms with Crippen LogP contribution in [0.2, 0.25) is 0 Å². The van der Waals surface area contributed by atoms with Gasteiger partial charge in [0.2, 0.25) is 11.7 Å². The first-order valence-corrected chi connectivity index (χ1v) is 8.74. The molecule has 27 heavy (non-hydrogen) atoms. The molecule has 1 aliphatic rings. The number of benzene rings is 1. The van der Waals surface area contributed by atoms with Gasteiger partial charge in [-0.2, -0.15) is 0 Å². The molecule has 2 heterocycles. The molecule has 1 N–H and O–H groups in total. The molecular formula is C19H21N3O5. The molecule has 1 unspecified atom stereocenters. The van der Waals surface area contributed by atoms with Crippen LogP contribution in [0, 0.1) is 5.92 Å². The van der Waals surface area contributed by atoms with E-state index < -0.39 is 17.8 Å². The van der Waals surface area contributed by atoms with Gasteiger partial charge in [0.1, 0.15) is 5.69 Å². The van der Waals surface area contributed by atoms with Crippen LogP contribution < -0.4 is 0 Å². The van der Waals surface area contributed by atoms with E-state index in [0.29, 0.717) is 25.1 Å². The topological polar surface area (TPSA) is 104 Å². The summed E-state index contributed by atoms with van der Waals surface area (Å²) >= 11 is 0. The highest BCUT2D eigenvalue weighted by Gasteiger charge is 2.29. The van der Waals surface area contributed by atoms with Crippen LogP contribution in [-0.2, 0) is 9.59 Å². The van der Waals surface area contributed by atoms with E-state index in [1.165, 1.54) is 16.8 Å². The highest BCUT2D eigenvalue weighted by atomic mass is 16.5. The molecule has 1 saturated heterocycles. The molecule has 3 rings (SSSR count). The Morgan fingerprint density at radius 2 is 2.04 bits per heavy atom. The highest BCUT2D eigenvalue weighted by molar-refractivity contribution is 5.94. The number of hydrogen-bond acceptors (Lipinski definition) is 5. The van der Waals surface area contributed by atoms with Gasteiger partial charge in [0.05, 0.1) is 12.5 Å². The zero-order valence-electron chi connectivity index (χ0n) is 15.0. The number of likely N-dealkylation sites (tertiary alicyclic amines) is 1. The Kier molecular flexibility index (Phi) is 5.54. The number of aromatic nitrogens is 1. The third kappa shape index (κ3) is 4.33. The largest absolute Gasteiger partial charge is 0.481 e. The Morgan fingerprint density at radius 1 is 1.30 bits per heavy atom. The number of likely N-dealkylation sites (N-methyl/N-ethyl adjacent to an activating group) is 1. The van der Waals surface area contributed by atoms with Crippen molar-refractivity contribution in [3.8, 4) is 11.3 Å². The molecule has 1 aliphatic heterocycles. The highest BCUT2D eigenvalue weighted by Crippen LogP contribution is 2.20. The molecule has 1 aromatic heterocycles. The molecule has 2 aromatic rings. The molecule has 1 fully saturated rings. The zero-order chi connectivity index (χ0) is 19.4. The van der Waals surface area contributed by atoms with E-state index in [1.54, 1.807) is 6.07 Å². The second kappa shape index (κ2) is 8.03. The number of aliphatic carboxylic acids is 1. The van der Waals surface area contributed by atoms with Gasteiger partial charge < -0.3 is 19.4 Å². The molecule has 0 radical (unpaired) electrons. The van der Waals surface area contributed by atoms with Crippen molar-refractivity contribution >= 4 is 17.8 Å². The molecule has 8 nitrogen and oxygen atoms in total. The molecule has 2 amide bonds. The van der Waals surface area contributed by atoms with Gasteiger partial charge in [0.15, 0.2) is 0 Å². The molecule has 1 atom stereocenters. The Labute approximate surface area is 156 Å². The Morgan fingerprint density at radius 3 is 2.74 bits per heavy atom. The monoisotopic (exact) mass is 371 g/mol. The SMILES string of the molecule is CN(CC(=O)N1CCCC(C(=O)O)C1)C(=O)c1cc(-c2ccccc2)no1. The van der Waals surface area contributed by atoms with Gasteiger partial charge in [-0.3, -0.25) is 14.4 Å². The first-order valence-electron chi connectivity index (χ1n) is 8.74. The number of carboxylic acids is 1. The average Bonchev–Trinajstić information content (AvgIpc) is 3.18. The zero-order valence-corrected chi connectivity index (χ0v) is 15.0. The van der Waals surface area contributed by atoms with Crippen molar-refractivity contribution in [3.05, 3.63) is 42.2 Å². The Hall–Kier alpha value is -3.16. The standard InChI is InChI=1S/C19H21N3O5/c1-21(12-17(23)22-9-5-8-14(11-22)19(25)26)18(24)16-10-15(20-27-16)13-6-3-2-4-7-13/h2-4,6-7,10,14H,5,8-9,11-12H2,1H3,(H,25,26). The predicted octanol–water partition coefficient (Wildman–Crippen LogP) is 1.74. The van der Waals surface area contributed by atoms with Crippen molar-refractivity contribution < 1.29 is 24.0 Å². The number of rotatable bonds is 5. The number of carbonyl (C=O) groups is 3. The maximum Gasteiger partial charge on any atom is 0.308 e. The summed E-state index contributed by atoms with van der Waals surface area (Å²) in [6, 6.07) is 10.9. The summed E-state index contributed by atoms with van der Waals surface area (Å²) in [5.74, 6) is -2.13. The number of nitrogens with zero attached hydrogens (tertiary/aromatic N) is 3. The smallest absolute Gasteiger partial charge is 0.308 e. The second-order valence-electron chi connectivity index (χ2n) is 6.62. The summed E-state index contributed by atoms with van der Waals surface area (Å²) in [5.41, 5.74) is 1.37. The van der Waals surface area contributed by atoms with Gasteiger partial charge >= 0.3 is 5.97 Å². The van der Waals surface area contributed by atoms with Crippen LogP contribution in [0.4, 0.5) is 0 Å². The van der Waals surface area contributed by atoms with Gasteiger partial charge in [-0.25, -0.2) is 0 Å². The third-order valence-electron chi connectivity index (χ3n) is 4.63. The lowest BCUT2D eigenvalue weighted by Crippen LogP contribution is -2.46. The molecule has 0 saturated carbocycles. The Bertz CT molecular complexity index is 833. The van der Waals surface area contributed by atoms with Crippen LogP contribution >= 0.6 is 0 Å². The summed E-state index contributed by atoms with van der Waals surface area (Å²) in [7, 11) is 1.50. The summed E-state index contributed by atoms with van der Waals surface area (Å²) in [6.45, 7) is 0.536. The van der Waals surface area contributed by atoms with E-state index in [-0.39, 0.29) is 24.8 Å². The third-order valence-corrected chi connectivity index (χ3v) is 4.63. The number of amides is 2. The van der Waals surface area contributed by atoms with Gasteiger partial charge in [-0.15, -0.1) is 0 Å². The maximum absolute atomic E-state index is 12.5. The van der Waals surface area contributed by atoms with Gasteiger partial charge in [0, 0.05) is 31.8 Å². The van der Waals surface area contributed by atoms with E-state index >= 15 is 0 Å². The first-order chi connectivity index (χ1) is 13.0. The summed E-state index contributed by atoms with van der Waals surface area (Å²) in [5, 5.41) is 13.0. The van der Waals surface area contributed by atoms with E-state index in [2.05, 4.69) is 5.16 Å². The number of carboxylic acid groups (broad SMARTS) is 1. The second-order valence-corrected chi connectivity index (χ2v) is 6.62.